The molecule has 0 bridgehead atoms. The second-order valence-electron chi connectivity index (χ2n) is 6.25. The molecule has 26 heavy (non-hydrogen) atoms. The average molecular weight is 366 g/mol. The van der Waals surface area contributed by atoms with Gasteiger partial charge >= 0.3 is 6.18 Å². The maximum atomic E-state index is 13.5. The van der Waals surface area contributed by atoms with E-state index in [4.69, 9.17) is 0 Å². The number of anilines is 1. The Kier molecular flexibility index (Phi) is 4.23. The first-order chi connectivity index (χ1) is 12.5. The zero-order chi connectivity index (χ0) is 18.1. The van der Waals surface area contributed by atoms with Crippen molar-refractivity contribution in [3.63, 3.8) is 0 Å². The molecule has 1 aliphatic heterocycles. The monoisotopic (exact) mass is 366 g/mol. The van der Waals surface area contributed by atoms with Crippen molar-refractivity contribution in [2.75, 3.05) is 18.4 Å². The van der Waals surface area contributed by atoms with Gasteiger partial charge in [-0.05, 0) is 43.7 Å². The summed E-state index contributed by atoms with van der Waals surface area (Å²) in [6, 6.07) is 5.90. The summed E-state index contributed by atoms with van der Waals surface area (Å²) in [5.74, 6) is 0.411. The van der Waals surface area contributed by atoms with E-state index in [0.29, 0.717) is 16.9 Å². The SMILES string of the molecule is FC(F)(F)c1ccc(NC2CCCNC2)nc1-c1[nH]nc2ncccc12.[HH].[HH]. The highest BCUT2D eigenvalue weighted by Crippen LogP contribution is 2.38. The van der Waals surface area contributed by atoms with Crippen molar-refractivity contribution >= 4 is 16.9 Å². The van der Waals surface area contributed by atoms with Crippen molar-refractivity contribution in [1.82, 2.24) is 25.5 Å². The summed E-state index contributed by atoms with van der Waals surface area (Å²) >= 11 is 0. The molecular weight excluding hydrogens is 345 g/mol. The number of aromatic amines is 1. The number of alkyl halides is 3. The summed E-state index contributed by atoms with van der Waals surface area (Å²) in [7, 11) is 0. The lowest BCUT2D eigenvalue weighted by Crippen LogP contribution is -2.38. The fourth-order valence-corrected chi connectivity index (χ4v) is 3.17. The Bertz CT molecular complexity index is 925. The van der Waals surface area contributed by atoms with E-state index in [1.165, 1.54) is 6.07 Å². The van der Waals surface area contributed by atoms with Crippen LogP contribution >= 0.6 is 0 Å². The van der Waals surface area contributed by atoms with Crippen LogP contribution < -0.4 is 10.6 Å². The number of H-pyrrole nitrogens is 1. The van der Waals surface area contributed by atoms with Gasteiger partial charge in [-0.15, -0.1) is 0 Å². The number of piperidine rings is 1. The van der Waals surface area contributed by atoms with Crippen LogP contribution in [0.5, 0.6) is 0 Å². The molecule has 3 N–H and O–H groups in total. The Morgan fingerprint density at radius 1 is 1.23 bits per heavy atom. The van der Waals surface area contributed by atoms with E-state index in [-0.39, 0.29) is 20.3 Å². The molecule has 0 radical (unpaired) electrons. The molecule has 3 aromatic rings. The van der Waals surface area contributed by atoms with Gasteiger partial charge in [-0.25, -0.2) is 9.97 Å². The van der Waals surface area contributed by atoms with Crippen molar-refractivity contribution in [1.29, 1.82) is 0 Å². The Morgan fingerprint density at radius 3 is 2.88 bits per heavy atom. The number of hydrogen-bond donors (Lipinski definition) is 3. The van der Waals surface area contributed by atoms with Gasteiger partial charge in [0.25, 0.3) is 0 Å². The zero-order valence-corrected chi connectivity index (χ0v) is 13.8. The van der Waals surface area contributed by atoms with Gasteiger partial charge in [0.1, 0.15) is 11.5 Å². The molecular formula is C17H21F3N6. The van der Waals surface area contributed by atoms with Crippen molar-refractivity contribution in [3.8, 4) is 11.4 Å². The quantitative estimate of drug-likeness (QED) is 0.659. The molecule has 140 valence electrons. The smallest absolute Gasteiger partial charge is 0.366 e. The first-order valence-corrected chi connectivity index (χ1v) is 8.37. The molecule has 4 rings (SSSR count). The van der Waals surface area contributed by atoms with E-state index in [2.05, 4.69) is 30.8 Å². The number of pyridine rings is 2. The van der Waals surface area contributed by atoms with Crippen molar-refractivity contribution < 1.29 is 16.0 Å². The topological polar surface area (TPSA) is 78.5 Å². The maximum Gasteiger partial charge on any atom is 0.418 e. The second-order valence-corrected chi connectivity index (χ2v) is 6.25. The number of nitrogens with one attached hydrogen (secondary N) is 3. The van der Waals surface area contributed by atoms with Crippen LogP contribution in [-0.2, 0) is 6.18 Å². The number of rotatable bonds is 3. The summed E-state index contributed by atoms with van der Waals surface area (Å²) in [5, 5.41) is 13.6. The minimum Gasteiger partial charge on any atom is -0.366 e. The lowest BCUT2D eigenvalue weighted by Gasteiger charge is -2.24. The fourth-order valence-electron chi connectivity index (χ4n) is 3.17. The second kappa shape index (κ2) is 6.56. The Hall–Kier alpha value is -2.68. The Labute approximate surface area is 150 Å². The average Bonchev–Trinajstić information content (AvgIpc) is 3.05. The number of hydrogen-bond acceptors (Lipinski definition) is 5. The molecule has 0 aliphatic carbocycles. The third-order valence-corrected chi connectivity index (χ3v) is 4.42. The minimum absolute atomic E-state index is 0. The van der Waals surface area contributed by atoms with Crippen LogP contribution in [0.3, 0.4) is 0 Å². The van der Waals surface area contributed by atoms with Crippen molar-refractivity contribution in [2.24, 2.45) is 0 Å². The standard InChI is InChI=1S/C17H17F3N6.2H2/c18-17(19,20)12-5-6-13(23-10-3-1-7-21-9-10)24-15(12)14-11-4-2-8-22-16(11)26-25-14;;/h2,4-6,8,10,21H,1,3,7,9H2,(H,23,24)(H,22,25,26);2*1H. The van der Waals surface area contributed by atoms with Gasteiger partial charge < -0.3 is 10.6 Å². The van der Waals surface area contributed by atoms with Gasteiger partial charge in [-0.3, -0.25) is 5.10 Å². The summed E-state index contributed by atoms with van der Waals surface area (Å²) in [5.41, 5.74) is -0.417. The molecule has 1 fully saturated rings. The van der Waals surface area contributed by atoms with Crippen LogP contribution in [-0.4, -0.2) is 39.3 Å². The summed E-state index contributed by atoms with van der Waals surface area (Å²) in [6.07, 6.45) is -1.02. The lowest BCUT2D eigenvalue weighted by molar-refractivity contribution is -0.137. The summed E-state index contributed by atoms with van der Waals surface area (Å²) in [6.45, 7) is 1.71. The fraction of sp³-hybridized carbons (Fsp3) is 0.353. The van der Waals surface area contributed by atoms with Gasteiger partial charge in [0.2, 0.25) is 0 Å². The van der Waals surface area contributed by atoms with Crippen LogP contribution in [0, 0.1) is 0 Å². The summed E-state index contributed by atoms with van der Waals surface area (Å²) in [4.78, 5) is 8.33. The molecule has 1 unspecified atom stereocenters. The first kappa shape index (κ1) is 16.8. The molecule has 4 heterocycles. The molecule has 6 nitrogen and oxygen atoms in total. The van der Waals surface area contributed by atoms with Crippen molar-refractivity contribution in [2.45, 2.75) is 25.1 Å². The highest BCUT2D eigenvalue weighted by atomic mass is 19.4. The molecule has 0 aromatic carbocycles. The van der Waals surface area contributed by atoms with Gasteiger partial charge in [0.05, 0.1) is 11.3 Å². The Morgan fingerprint density at radius 2 is 2.12 bits per heavy atom. The number of halogens is 3. The summed E-state index contributed by atoms with van der Waals surface area (Å²) < 4.78 is 40.5. The van der Waals surface area contributed by atoms with Crippen LogP contribution in [0.2, 0.25) is 0 Å². The Balaban J connectivity index is 0.00000140. The highest BCUT2D eigenvalue weighted by molar-refractivity contribution is 5.90. The molecule has 1 atom stereocenters. The zero-order valence-electron chi connectivity index (χ0n) is 13.8. The van der Waals surface area contributed by atoms with E-state index in [9.17, 15) is 13.2 Å². The first-order valence-electron chi connectivity index (χ1n) is 8.37. The van der Waals surface area contributed by atoms with Crippen molar-refractivity contribution in [3.05, 3.63) is 36.0 Å². The molecule has 1 saturated heterocycles. The van der Waals surface area contributed by atoms with Crippen LogP contribution in [0.4, 0.5) is 19.0 Å². The van der Waals surface area contributed by atoms with Gasteiger partial charge in [-0.2, -0.15) is 18.3 Å². The van der Waals surface area contributed by atoms with Crippen LogP contribution in [0.15, 0.2) is 30.5 Å². The van der Waals surface area contributed by atoms with Crippen LogP contribution in [0.1, 0.15) is 21.3 Å². The number of fused-ring (bicyclic) bond motifs is 1. The van der Waals surface area contributed by atoms with Gasteiger partial charge in [-0.1, -0.05) is 0 Å². The predicted octanol–water partition coefficient (Wildman–Crippen LogP) is 3.69. The molecule has 3 aromatic heterocycles. The maximum absolute atomic E-state index is 13.5. The van der Waals surface area contributed by atoms with Gasteiger partial charge in [0.15, 0.2) is 5.65 Å². The minimum atomic E-state index is -4.52. The molecule has 1 aliphatic rings. The number of nitrogens with zero attached hydrogens (tertiary/aromatic N) is 3. The largest absolute Gasteiger partial charge is 0.418 e. The number of aromatic nitrogens is 4. The predicted molar refractivity (Wildman–Crippen MR) is 95.9 cm³/mol. The highest BCUT2D eigenvalue weighted by Gasteiger charge is 2.35. The van der Waals surface area contributed by atoms with E-state index >= 15 is 0 Å². The van der Waals surface area contributed by atoms with E-state index < -0.39 is 11.7 Å². The van der Waals surface area contributed by atoms with Gasteiger partial charge in [0, 0.05) is 27.0 Å². The molecule has 0 saturated carbocycles. The molecule has 9 heteroatoms. The van der Waals surface area contributed by atoms with E-state index in [0.717, 1.165) is 32.0 Å². The lowest BCUT2D eigenvalue weighted by atomic mass is 10.1. The van der Waals surface area contributed by atoms with Crippen LogP contribution in [0.25, 0.3) is 22.4 Å². The third kappa shape index (κ3) is 3.22. The molecule has 0 spiro atoms. The van der Waals surface area contributed by atoms with E-state index in [1.807, 2.05) is 0 Å². The third-order valence-electron chi connectivity index (χ3n) is 4.42. The molecule has 0 amide bonds. The normalized spacial score (nSPS) is 18.2. The van der Waals surface area contributed by atoms with E-state index in [1.54, 1.807) is 18.3 Å².